The first-order valence-corrected chi connectivity index (χ1v) is 9.42. The van der Waals surface area contributed by atoms with Crippen LogP contribution < -0.4 is 9.47 Å². The van der Waals surface area contributed by atoms with Gasteiger partial charge in [0.2, 0.25) is 17.6 Å². The molecule has 27 heavy (non-hydrogen) atoms. The van der Waals surface area contributed by atoms with Crippen LogP contribution in [-0.2, 0) is 11.2 Å². The number of rotatable bonds is 9. The quantitative estimate of drug-likeness (QED) is 0.671. The Morgan fingerprint density at radius 1 is 1.26 bits per heavy atom. The summed E-state index contributed by atoms with van der Waals surface area (Å²) in [4.78, 5) is 19.0. The third-order valence-corrected chi connectivity index (χ3v) is 4.98. The Hall–Kier alpha value is -2.57. The number of carbonyl (C=O) groups excluding carboxylic acids is 1. The Morgan fingerprint density at radius 3 is 2.48 bits per heavy atom. The Balaban J connectivity index is 1.71. The maximum atomic E-state index is 12.5. The molecule has 1 aromatic carbocycles. The predicted molar refractivity (Wildman–Crippen MR) is 101 cm³/mol. The number of ether oxygens (including phenoxy) is 2. The molecule has 1 atom stereocenters. The molecule has 0 spiro atoms. The average Bonchev–Trinajstić information content (AvgIpc) is 3.45. The van der Waals surface area contributed by atoms with Crippen molar-refractivity contribution in [1.82, 2.24) is 15.0 Å². The van der Waals surface area contributed by atoms with Gasteiger partial charge in [0.15, 0.2) is 0 Å². The zero-order valence-corrected chi connectivity index (χ0v) is 16.4. The Morgan fingerprint density at radius 2 is 1.93 bits per heavy atom. The summed E-state index contributed by atoms with van der Waals surface area (Å²) in [5, 5.41) is 4.07. The summed E-state index contributed by atoms with van der Waals surface area (Å²) in [5.41, 5.74) is 0.758. The second-order valence-corrected chi connectivity index (χ2v) is 6.93. The first-order chi connectivity index (χ1) is 13.0. The van der Waals surface area contributed by atoms with Crippen LogP contribution in [0.2, 0.25) is 0 Å². The number of methoxy groups -OCH3 is 2. The van der Waals surface area contributed by atoms with Gasteiger partial charge in [-0.05, 0) is 38.3 Å². The highest BCUT2D eigenvalue weighted by Crippen LogP contribution is 2.32. The Kier molecular flexibility index (Phi) is 5.98. The molecular weight excluding hydrogens is 346 g/mol. The second-order valence-electron chi connectivity index (χ2n) is 6.93. The lowest BCUT2D eigenvalue weighted by molar-refractivity contribution is -0.134. The molecule has 0 bridgehead atoms. The van der Waals surface area contributed by atoms with Gasteiger partial charge in [-0.2, -0.15) is 4.98 Å². The van der Waals surface area contributed by atoms with E-state index in [1.165, 1.54) is 0 Å². The van der Waals surface area contributed by atoms with Gasteiger partial charge >= 0.3 is 0 Å². The van der Waals surface area contributed by atoms with Crippen molar-refractivity contribution in [3.8, 4) is 22.9 Å². The van der Waals surface area contributed by atoms with Crippen molar-refractivity contribution in [3.05, 3.63) is 24.1 Å². The lowest BCUT2D eigenvalue weighted by atomic mass is 10.2. The van der Waals surface area contributed by atoms with Crippen molar-refractivity contribution >= 4 is 5.91 Å². The molecule has 0 N–H and O–H groups in total. The largest absolute Gasteiger partial charge is 0.497 e. The molecule has 7 nitrogen and oxygen atoms in total. The Labute approximate surface area is 159 Å². The average molecular weight is 373 g/mol. The zero-order chi connectivity index (χ0) is 19.4. The highest BCUT2D eigenvalue weighted by atomic mass is 16.5. The minimum Gasteiger partial charge on any atom is -0.497 e. The summed E-state index contributed by atoms with van der Waals surface area (Å²) in [6.07, 6.45) is 3.48. The lowest BCUT2D eigenvalue weighted by Gasteiger charge is -2.28. The molecule has 1 heterocycles. The van der Waals surface area contributed by atoms with E-state index in [-0.39, 0.29) is 17.9 Å². The van der Waals surface area contributed by atoms with Gasteiger partial charge in [-0.15, -0.1) is 0 Å². The normalized spacial score (nSPS) is 14.7. The van der Waals surface area contributed by atoms with Crippen LogP contribution in [0.5, 0.6) is 11.5 Å². The van der Waals surface area contributed by atoms with Crippen molar-refractivity contribution in [1.29, 1.82) is 0 Å². The van der Waals surface area contributed by atoms with E-state index in [4.69, 9.17) is 14.0 Å². The summed E-state index contributed by atoms with van der Waals surface area (Å²) in [6, 6.07) is 5.67. The molecule has 0 aliphatic heterocycles. The highest BCUT2D eigenvalue weighted by molar-refractivity contribution is 5.81. The summed E-state index contributed by atoms with van der Waals surface area (Å²) >= 11 is 0. The lowest BCUT2D eigenvalue weighted by Crippen LogP contribution is -2.40. The minimum absolute atomic E-state index is 0.210. The molecule has 146 valence electrons. The first kappa shape index (κ1) is 19.2. The van der Waals surface area contributed by atoms with E-state index < -0.39 is 0 Å². The van der Waals surface area contributed by atoms with Crippen LogP contribution in [0, 0.1) is 5.92 Å². The molecule has 0 saturated heterocycles. The van der Waals surface area contributed by atoms with Crippen LogP contribution in [0.15, 0.2) is 22.7 Å². The van der Waals surface area contributed by atoms with E-state index in [1.54, 1.807) is 20.3 Å². The zero-order valence-electron chi connectivity index (χ0n) is 16.4. The molecular formula is C20H27N3O4. The molecule has 1 aromatic heterocycles. The van der Waals surface area contributed by atoms with Gasteiger partial charge in [0.05, 0.1) is 14.2 Å². The van der Waals surface area contributed by atoms with Gasteiger partial charge in [0.25, 0.3) is 0 Å². The monoisotopic (exact) mass is 373 g/mol. The van der Waals surface area contributed by atoms with Crippen LogP contribution >= 0.6 is 0 Å². The van der Waals surface area contributed by atoms with E-state index in [0.29, 0.717) is 36.2 Å². The fourth-order valence-electron chi connectivity index (χ4n) is 2.96. The topological polar surface area (TPSA) is 77.7 Å². The third kappa shape index (κ3) is 4.59. The number of hydrogen-bond acceptors (Lipinski definition) is 6. The number of benzene rings is 1. The molecule has 3 rings (SSSR count). The standard InChI is InChI=1S/C20H27N3O4/c1-5-13(2)23(20(24)14-6-7-14)9-8-18-21-19(22-27-18)15-10-16(25-3)12-17(11-15)26-4/h10-14H,5-9H2,1-4H3. The van der Waals surface area contributed by atoms with Crippen molar-refractivity contribution < 1.29 is 18.8 Å². The fraction of sp³-hybridized carbons (Fsp3) is 0.550. The van der Waals surface area contributed by atoms with Crippen LogP contribution in [0.25, 0.3) is 11.4 Å². The smallest absolute Gasteiger partial charge is 0.228 e. The summed E-state index contributed by atoms with van der Waals surface area (Å²) < 4.78 is 16.0. The van der Waals surface area contributed by atoms with Gasteiger partial charge in [0, 0.05) is 36.6 Å². The molecule has 1 amide bonds. The van der Waals surface area contributed by atoms with Crippen molar-refractivity contribution in [2.75, 3.05) is 20.8 Å². The SMILES string of the molecule is CCC(C)N(CCc1nc(-c2cc(OC)cc(OC)c2)no1)C(=O)C1CC1. The van der Waals surface area contributed by atoms with Gasteiger partial charge in [-0.3, -0.25) is 4.79 Å². The fourth-order valence-corrected chi connectivity index (χ4v) is 2.96. The van der Waals surface area contributed by atoms with E-state index in [1.807, 2.05) is 17.0 Å². The predicted octanol–water partition coefficient (Wildman–Crippen LogP) is 3.33. The molecule has 1 fully saturated rings. The highest BCUT2D eigenvalue weighted by Gasteiger charge is 2.34. The number of hydrogen-bond donors (Lipinski definition) is 0. The van der Waals surface area contributed by atoms with Gasteiger partial charge in [-0.1, -0.05) is 12.1 Å². The van der Waals surface area contributed by atoms with Crippen LogP contribution in [0.3, 0.4) is 0 Å². The van der Waals surface area contributed by atoms with E-state index >= 15 is 0 Å². The summed E-state index contributed by atoms with van der Waals surface area (Å²) in [5.74, 6) is 2.78. The number of amides is 1. The molecule has 1 aliphatic rings. The molecule has 7 heteroatoms. The third-order valence-electron chi connectivity index (χ3n) is 4.98. The number of carbonyl (C=O) groups is 1. The molecule has 1 saturated carbocycles. The van der Waals surface area contributed by atoms with Crippen molar-refractivity contribution in [2.24, 2.45) is 5.92 Å². The van der Waals surface area contributed by atoms with Crippen LogP contribution in [0.1, 0.15) is 39.0 Å². The molecule has 1 aliphatic carbocycles. The van der Waals surface area contributed by atoms with E-state index in [9.17, 15) is 4.79 Å². The van der Waals surface area contributed by atoms with E-state index in [0.717, 1.165) is 24.8 Å². The molecule has 0 radical (unpaired) electrons. The maximum Gasteiger partial charge on any atom is 0.228 e. The number of aromatic nitrogens is 2. The Bertz CT molecular complexity index is 763. The van der Waals surface area contributed by atoms with Gasteiger partial charge in [-0.25, -0.2) is 0 Å². The van der Waals surface area contributed by atoms with Crippen molar-refractivity contribution in [2.45, 2.75) is 45.6 Å². The number of nitrogens with zero attached hydrogens (tertiary/aromatic N) is 3. The van der Waals surface area contributed by atoms with Crippen LogP contribution in [0.4, 0.5) is 0 Å². The van der Waals surface area contributed by atoms with Gasteiger partial charge in [0.1, 0.15) is 11.5 Å². The summed E-state index contributed by atoms with van der Waals surface area (Å²) in [7, 11) is 3.20. The second kappa shape index (κ2) is 8.41. The maximum absolute atomic E-state index is 12.5. The summed E-state index contributed by atoms with van der Waals surface area (Å²) in [6.45, 7) is 4.77. The van der Waals surface area contributed by atoms with Crippen molar-refractivity contribution in [3.63, 3.8) is 0 Å². The van der Waals surface area contributed by atoms with Crippen LogP contribution in [-0.4, -0.2) is 47.8 Å². The van der Waals surface area contributed by atoms with E-state index in [2.05, 4.69) is 24.0 Å². The minimum atomic E-state index is 0.210. The van der Waals surface area contributed by atoms with Gasteiger partial charge < -0.3 is 18.9 Å². The molecule has 1 unspecified atom stereocenters. The first-order valence-electron chi connectivity index (χ1n) is 9.42. The molecule has 2 aromatic rings.